The lowest BCUT2D eigenvalue weighted by molar-refractivity contribution is 0.306. The molecule has 7 heteroatoms. The molecule has 4 rings (SSSR count). The fourth-order valence-electron chi connectivity index (χ4n) is 2.55. The first kappa shape index (κ1) is 19.0. The van der Waals surface area contributed by atoms with Crippen LogP contribution < -0.4 is 4.74 Å². The average molecular weight is 476 g/mol. The molecule has 0 aliphatic carbocycles. The Hall–Kier alpha value is -2.34. The van der Waals surface area contributed by atoms with E-state index in [4.69, 9.17) is 32.4 Å². The molecule has 4 aromatic rings. The molecule has 0 N–H and O–H groups in total. The molecule has 0 aliphatic rings. The highest BCUT2D eigenvalue weighted by molar-refractivity contribution is 9.10. The van der Waals surface area contributed by atoms with E-state index < -0.39 is 0 Å². The van der Waals surface area contributed by atoms with E-state index in [0.29, 0.717) is 34.0 Å². The molecule has 4 nitrogen and oxygen atoms in total. The number of halogens is 3. The monoisotopic (exact) mass is 474 g/mol. The largest absolute Gasteiger partial charge is 0.489 e. The first-order valence-electron chi connectivity index (χ1n) is 8.35. The van der Waals surface area contributed by atoms with Crippen LogP contribution in [0.4, 0.5) is 0 Å². The van der Waals surface area contributed by atoms with Crippen molar-refractivity contribution in [3.05, 3.63) is 86.8 Å². The van der Waals surface area contributed by atoms with Gasteiger partial charge in [0.2, 0.25) is 11.8 Å². The highest BCUT2D eigenvalue weighted by Gasteiger charge is 2.13. The quantitative estimate of drug-likeness (QED) is 0.310. The van der Waals surface area contributed by atoms with E-state index in [2.05, 4.69) is 26.1 Å². The predicted molar refractivity (Wildman–Crippen MR) is 114 cm³/mol. The number of aromatic nitrogens is 2. The van der Waals surface area contributed by atoms with Crippen LogP contribution in [0.25, 0.3) is 22.9 Å². The third-order valence-corrected chi connectivity index (χ3v) is 5.08. The van der Waals surface area contributed by atoms with Crippen LogP contribution in [-0.2, 0) is 6.61 Å². The van der Waals surface area contributed by atoms with E-state index in [0.717, 1.165) is 21.3 Å². The van der Waals surface area contributed by atoms with Gasteiger partial charge in [-0.1, -0.05) is 51.3 Å². The smallest absolute Gasteiger partial charge is 0.249 e. The minimum Gasteiger partial charge on any atom is -0.489 e. The number of benzene rings is 3. The third kappa shape index (κ3) is 4.38. The standard InChI is InChI=1S/C21H13BrCl2N2O2/c22-15-5-1-13(2-6-15)12-27-17-8-3-14(4-9-17)20-25-26-21(28-20)18-10-7-16(23)11-19(18)24/h1-11H,12H2. The summed E-state index contributed by atoms with van der Waals surface area (Å²) in [5.74, 6) is 1.50. The molecule has 140 valence electrons. The number of rotatable bonds is 5. The second-order valence-corrected chi connectivity index (χ2v) is 7.74. The summed E-state index contributed by atoms with van der Waals surface area (Å²) in [5, 5.41) is 9.19. The summed E-state index contributed by atoms with van der Waals surface area (Å²) >= 11 is 15.6. The Bertz CT molecular complexity index is 1100. The van der Waals surface area contributed by atoms with Crippen LogP contribution >= 0.6 is 39.1 Å². The van der Waals surface area contributed by atoms with Crippen molar-refractivity contribution in [1.29, 1.82) is 0 Å². The Kier molecular flexibility index (Phi) is 5.67. The van der Waals surface area contributed by atoms with Gasteiger partial charge in [0.05, 0.1) is 10.6 Å². The molecular weight excluding hydrogens is 463 g/mol. The van der Waals surface area contributed by atoms with Crippen LogP contribution in [0.3, 0.4) is 0 Å². The van der Waals surface area contributed by atoms with E-state index in [1.54, 1.807) is 18.2 Å². The van der Waals surface area contributed by atoms with Gasteiger partial charge in [0.15, 0.2) is 0 Å². The number of hydrogen-bond donors (Lipinski definition) is 0. The van der Waals surface area contributed by atoms with Gasteiger partial charge in [-0.15, -0.1) is 10.2 Å². The molecule has 0 atom stereocenters. The minimum atomic E-state index is 0.340. The lowest BCUT2D eigenvalue weighted by Gasteiger charge is -2.06. The van der Waals surface area contributed by atoms with Gasteiger partial charge in [0, 0.05) is 15.1 Å². The second-order valence-electron chi connectivity index (χ2n) is 5.98. The predicted octanol–water partition coefficient (Wildman–Crippen LogP) is 7.05. The Morgan fingerprint density at radius 1 is 0.857 bits per heavy atom. The van der Waals surface area contributed by atoms with E-state index >= 15 is 0 Å². The number of nitrogens with zero attached hydrogens (tertiary/aromatic N) is 2. The van der Waals surface area contributed by atoms with Gasteiger partial charge in [-0.25, -0.2) is 0 Å². The molecule has 28 heavy (non-hydrogen) atoms. The summed E-state index contributed by atoms with van der Waals surface area (Å²) in [4.78, 5) is 0. The second kappa shape index (κ2) is 8.35. The van der Waals surface area contributed by atoms with Crippen LogP contribution in [0.15, 0.2) is 75.6 Å². The highest BCUT2D eigenvalue weighted by atomic mass is 79.9. The number of hydrogen-bond acceptors (Lipinski definition) is 4. The lowest BCUT2D eigenvalue weighted by Crippen LogP contribution is -1.94. The van der Waals surface area contributed by atoms with E-state index in [1.807, 2.05) is 48.5 Å². The van der Waals surface area contributed by atoms with Crippen molar-refractivity contribution in [2.45, 2.75) is 6.61 Å². The van der Waals surface area contributed by atoms with Crippen molar-refractivity contribution < 1.29 is 9.15 Å². The molecule has 0 saturated carbocycles. The van der Waals surface area contributed by atoms with Crippen LogP contribution in [-0.4, -0.2) is 10.2 Å². The van der Waals surface area contributed by atoms with Gasteiger partial charge < -0.3 is 9.15 Å². The van der Waals surface area contributed by atoms with Gasteiger partial charge in [0.25, 0.3) is 0 Å². The lowest BCUT2D eigenvalue weighted by atomic mass is 10.2. The summed E-state index contributed by atoms with van der Waals surface area (Å²) in [6.45, 7) is 0.492. The maximum absolute atomic E-state index is 6.20. The molecule has 0 fully saturated rings. The van der Waals surface area contributed by atoms with Crippen molar-refractivity contribution in [1.82, 2.24) is 10.2 Å². The zero-order valence-corrected chi connectivity index (χ0v) is 17.5. The molecule has 3 aromatic carbocycles. The van der Waals surface area contributed by atoms with Crippen molar-refractivity contribution in [3.63, 3.8) is 0 Å². The van der Waals surface area contributed by atoms with Crippen molar-refractivity contribution in [2.24, 2.45) is 0 Å². The fourth-order valence-corrected chi connectivity index (χ4v) is 3.31. The maximum Gasteiger partial charge on any atom is 0.249 e. The summed E-state index contributed by atoms with van der Waals surface area (Å²) in [6, 6.07) is 20.6. The summed E-state index contributed by atoms with van der Waals surface area (Å²) in [5.41, 5.74) is 2.52. The van der Waals surface area contributed by atoms with Crippen LogP contribution in [0.2, 0.25) is 10.0 Å². The summed E-state index contributed by atoms with van der Waals surface area (Å²) < 4.78 is 12.6. The average Bonchev–Trinajstić information content (AvgIpc) is 3.18. The molecule has 1 heterocycles. The third-order valence-electron chi connectivity index (χ3n) is 4.01. The highest BCUT2D eigenvalue weighted by Crippen LogP contribution is 2.31. The zero-order chi connectivity index (χ0) is 19.5. The maximum atomic E-state index is 6.20. The first-order chi connectivity index (χ1) is 13.6. The van der Waals surface area contributed by atoms with Crippen molar-refractivity contribution >= 4 is 39.1 Å². The molecule has 1 aromatic heterocycles. The molecule has 0 radical (unpaired) electrons. The first-order valence-corrected chi connectivity index (χ1v) is 9.90. The molecule has 0 bridgehead atoms. The molecule has 0 saturated heterocycles. The molecule has 0 aliphatic heterocycles. The van der Waals surface area contributed by atoms with E-state index in [1.165, 1.54) is 0 Å². The van der Waals surface area contributed by atoms with Gasteiger partial charge >= 0.3 is 0 Å². The normalized spacial score (nSPS) is 10.8. The molecule has 0 amide bonds. The Morgan fingerprint density at radius 3 is 2.29 bits per heavy atom. The summed E-state index contributed by atoms with van der Waals surface area (Å²) in [6.07, 6.45) is 0. The van der Waals surface area contributed by atoms with Crippen LogP contribution in [0.1, 0.15) is 5.56 Å². The van der Waals surface area contributed by atoms with Gasteiger partial charge in [-0.2, -0.15) is 0 Å². The zero-order valence-electron chi connectivity index (χ0n) is 14.4. The van der Waals surface area contributed by atoms with E-state index in [-0.39, 0.29) is 0 Å². The van der Waals surface area contributed by atoms with E-state index in [9.17, 15) is 0 Å². The number of ether oxygens (including phenoxy) is 1. The molecular formula is C21H13BrCl2N2O2. The molecule has 0 spiro atoms. The minimum absolute atomic E-state index is 0.340. The fraction of sp³-hybridized carbons (Fsp3) is 0.0476. The van der Waals surface area contributed by atoms with Crippen LogP contribution in [0, 0.1) is 0 Å². The van der Waals surface area contributed by atoms with Crippen molar-refractivity contribution in [2.75, 3.05) is 0 Å². The van der Waals surface area contributed by atoms with Gasteiger partial charge in [-0.05, 0) is 60.2 Å². The Morgan fingerprint density at radius 2 is 1.57 bits per heavy atom. The summed E-state index contributed by atoms with van der Waals surface area (Å²) in [7, 11) is 0. The van der Waals surface area contributed by atoms with Gasteiger partial charge in [0.1, 0.15) is 12.4 Å². The topological polar surface area (TPSA) is 48.2 Å². The van der Waals surface area contributed by atoms with Gasteiger partial charge in [-0.3, -0.25) is 0 Å². The SMILES string of the molecule is Clc1ccc(-c2nnc(-c3ccc(OCc4ccc(Br)cc4)cc3)o2)c(Cl)c1. The Balaban J connectivity index is 1.47. The van der Waals surface area contributed by atoms with Crippen LogP contribution in [0.5, 0.6) is 5.75 Å². The van der Waals surface area contributed by atoms with Crippen molar-refractivity contribution in [3.8, 4) is 28.7 Å². The molecule has 0 unspecified atom stereocenters. The Labute approximate surface area is 180 Å².